The molecule has 3 N–H and O–H groups in total. The average Bonchev–Trinajstić information content (AvgIpc) is 3.49. The Morgan fingerprint density at radius 3 is 2.50 bits per heavy atom. The molecule has 4 aromatic rings. The van der Waals surface area contributed by atoms with Crippen LogP contribution in [0.2, 0.25) is 5.02 Å². The lowest BCUT2D eigenvalue weighted by atomic mass is 10.0. The molecule has 0 spiro atoms. The van der Waals surface area contributed by atoms with Crippen molar-refractivity contribution in [3.63, 3.8) is 0 Å². The molecule has 5 rings (SSSR count). The van der Waals surface area contributed by atoms with E-state index in [4.69, 9.17) is 17.3 Å². The third-order valence-electron chi connectivity index (χ3n) is 6.61. The van der Waals surface area contributed by atoms with Gasteiger partial charge in [-0.3, -0.25) is 19.1 Å². The fourth-order valence-corrected chi connectivity index (χ4v) is 4.99. The maximum atomic E-state index is 15.4. The van der Waals surface area contributed by atoms with Gasteiger partial charge in [-0.25, -0.2) is 17.6 Å². The van der Waals surface area contributed by atoms with Crippen LogP contribution in [0.3, 0.4) is 0 Å². The van der Waals surface area contributed by atoms with Crippen molar-refractivity contribution < 1.29 is 31.9 Å². The number of rotatable bonds is 6. The van der Waals surface area contributed by atoms with Gasteiger partial charge in [-0.15, -0.1) is 0 Å². The second kappa shape index (κ2) is 10.6. The zero-order chi connectivity index (χ0) is 28.7. The Labute approximate surface area is 229 Å². The van der Waals surface area contributed by atoms with E-state index < -0.39 is 53.9 Å². The van der Waals surface area contributed by atoms with E-state index in [1.54, 1.807) is 24.3 Å². The van der Waals surface area contributed by atoms with Crippen LogP contribution in [-0.2, 0) is 16.1 Å². The minimum atomic E-state index is -1.52. The van der Waals surface area contributed by atoms with Crippen molar-refractivity contribution in [2.75, 3.05) is 11.9 Å². The first kappa shape index (κ1) is 27.1. The Kier molecular flexibility index (Phi) is 7.19. The quantitative estimate of drug-likeness (QED) is 0.262. The predicted molar refractivity (Wildman–Crippen MR) is 139 cm³/mol. The number of anilines is 1. The number of alkyl halides is 1. The van der Waals surface area contributed by atoms with E-state index in [1.165, 1.54) is 22.9 Å². The molecular formula is C27H20ClF4N5O3. The number of carbonyl (C=O) groups excluding carboxylic acids is 3. The lowest BCUT2D eigenvalue weighted by Crippen LogP contribution is -2.44. The first-order valence-corrected chi connectivity index (χ1v) is 12.4. The number of carbonyl (C=O) groups is 3. The summed E-state index contributed by atoms with van der Waals surface area (Å²) in [4.78, 5) is 39.2. The summed E-state index contributed by atoms with van der Waals surface area (Å²) in [6.45, 7) is -0.797. The van der Waals surface area contributed by atoms with E-state index in [9.17, 15) is 27.6 Å². The summed E-state index contributed by atoms with van der Waals surface area (Å²) in [6.07, 6.45) is -1.85. The number of benzene rings is 3. The number of halogens is 5. The van der Waals surface area contributed by atoms with Crippen LogP contribution in [0.1, 0.15) is 16.9 Å². The number of primary amides is 1. The van der Waals surface area contributed by atoms with Gasteiger partial charge in [0, 0.05) is 22.9 Å². The minimum absolute atomic E-state index is 0.0426. The van der Waals surface area contributed by atoms with E-state index in [2.05, 4.69) is 10.4 Å². The van der Waals surface area contributed by atoms with Gasteiger partial charge in [0.15, 0.2) is 23.1 Å². The van der Waals surface area contributed by atoms with Crippen LogP contribution in [0.5, 0.6) is 0 Å². The lowest BCUT2D eigenvalue weighted by molar-refractivity contribution is -0.137. The average molecular weight is 574 g/mol. The van der Waals surface area contributed by atoms with E-state index in [-0.39, 0.29) is 40.5 Å². The van der Waals surface area contributed by atoms with Gasteiger partial charge in [-0.05, 0) is 24.3 Å². The highest BCUT2D eigenvalue weighted by molar-refractivity contribution is 6.33. The standard InChI is InChI=1S/C27H20ClF4N5O3/c28-17-10-19(31)18(30)9-16(17)14-5-3-6-20(24(14)32)34-27(40)22-8-13(29)11-36(22)23(38)12-37-21-7-2-1-4-15(21)25(35-37)26(33)39/h1-7,9-10,13,22H,8,11-12H2,(H2,33,39)(H,34,40)/t13-,22+/m1/s1. The molecule has 40 heavy (non-hydrogen) atoms. The summed E-state index contributed by atoms with van der Waals surface area (Å²) in [5, 5.41) is 6.65. The van der Waals surface area contributed by atoms with Crippen molar-refractivity contribution in [3.8, 4) is 11.1 Å². The van der Waals surface area contributed by atoms with Gasteiger partial charge in [0.1, 0.15) is 18.8 Å². The number of nitrogens with one attached hydrogen (secondary N) is 1. The number of para-hydroxylation sites is 1. The molecular weight excluding hydrogens is 554 g/mol. The SMILES string of the molecule is NC(=O)c1nn(CC(=O)N2C[C@H](F)C[C@H]2C(=O)Nc2cccc(-c3cc(F)c(F)cc3Cl)c2F)c2ccccc12. The second-order valence-electron chi connectivity index (χ2n) is 9.19. The van der Waals surface area contributed by atoms with Gasteiger partial charge >= 0.3 is 0 Å². The van der Waals surface area contributed by atoms with Crippen LogP contribution in [0.15, 0.2) is 54.6 Å². The van der Waals surface area contributed by atoms with Crippen molar-refractivity contribution in [2.24, 2.45) is 5.73 Å². The number of nitrogens with zero attached hydrogens (tertiary/aromatic N) is 3. The predicted octanol–water partition coefficient (Wildman–Crippen LogP) is 4.45. The normalized spacial score (nSPS) is 16.9. The number of amides is 3. The van der Waals surface area contributed by atoms with Crippen LogP contribution in [0.25, 0.3) is 22.0 Å². The highest BCUT2D eigenvalue weighted by Gasteiger charge is 2.40. The monoisotopic (exact) mass is 573 g/mol. The molecule has 1 fully saturated rings. The Hall–Kier alpha value is -4.45. The van der Waals surface area contributed by atoms with Crippen LogP contribution in [0.4, 0.5) is 23.2 Å². The Bertz CT molecular complexity index is 1680. The lowest BCUT2D eigenvalue weighted by Gasteiger charge is -2.24. The Morgan fingerprint density at radius 2 is 1.75 bits per heavy atom. The molecule has 206 valence electrons. The first-order valence-electron chi connectivity index (χ1n) is 12.0. The summed E-state index contributed by atoms with van der Waals surface area (Å²) in [6, 6.07) is 10.6. The summed E-state index contributed by atoms with van der Waals surface area (Å²) < 4.78 is 58.3. The van der Waals surface area contributed by atoms with Crippen LogP contribution in [0, 0.1) is 17.5 Å². The zero-order valence-corrected chi connectivity index (χ0v) is 21.3. The van der Waals surface area contributed by atoms with Crippen molar-refractivity contribution >= 4 is 45.9 Å². The fourth-order valence-electron chi connectivity index (χ4n) is 4.74. The molecule has 2 atom stereocenters. The van der Waals surface area contributed by atoms with E-state index >= 15 is 4.39 Å². The van der Waals surface area contributed by atoms with Gasteiger partial charge < -0.3 is 16.0 Å². The Balaban J connectivity index is 1.38. The molecule has 13 heteroatoms. The van der Waals surface area contributed by atoms with Crippen molar-refractivity contribution in [1.82, 2.24) is 14.7 Å². The van der Waals surface area contributed by atoms with E-state index in [0.29, 0.717) is 17.0 Å². The summed E-state index contributed by atoms with van der Waals surface area (Å²) >= 11 is 5.98. The van der Waals surface area contributed by atoms with Crippen molar-refractivity contribution in [2.45, 2.75) is 25.2 Å². The maximum absolute atomic E-state index is 15.4. The van der Waals surface area contributed by atoms with Gasteiger partial charge in [-0.1, -0.05) is 41.9 Å². The number of hydrogen-bond donors (Lipinski definition) is 2. The molecule has 0 saturated carbocycles. The molecule has 3 amide bonds. The van der Waals surface area contributed by atoms with Crippen molar-refractivity contribution in [1.29, 1.82) is 0 Å². The molecule has 0 bridgehead atoms. The molecule has 1 saturated heterocycles. The zero-order valence-electron chi connectivity index (χ0n) is 20.5. The number of aromatic nitrogens is 2. The molecule has 3 aromatic carbocycles. The molecule has 2 heterocycles. The number of nitrogens with two attached hydrogens (primary N) is 1. The molecule has 0 aliphatic carbocycles. The Morgan fingerprint density at radius 1 is 1.02 bits per heavy atom. The minimum Gasteiger partial charge on any atom is -0.364 e. The van der Waals surface area contributed by atoms with Gasteiger partial charge in [0.25, 0.3) is 5.91 Å². The topological polar surface area (TPSA) is 110 Å². The highest BCUT2D eigenvalue weighted by atomic mass is 35.5. The van der Waals surface area contributed by atoms with E-state index in [1.807, 2.05) is 0 Å². The largest absolute Gasteiger partial charge is 0.364 e. The van der Waals surface area contributed by atoms with Crippen molar-refractivity contribution in [3.05, 3.63) is 82.8 Å². The van der Waals surface area contributed by atoms with E-state index in [0.717, 1.165) is 11.0 Å². The maximum Gasteiger partial charge on any atom is 0.269 e. The number of likely N-dealkylation sites (tertiary alicyclic amines) is 1. The first-order chi connectivity index (χ1) is 19.0. The number of hydrogen-bond acceptors (Lipinski definition) is 4. The summed E-state index contributed by atoms with van der Waals surface area (Å²) in [5.74, 6) is -5.75. The molecule has 1 aliphatic rings. The van der Waals surface area contributed by atoms with Gasteiger partial charge in [-0.2, -0.15) is 5.10 Å². The van der Waals surface area contributed by atoms with Crippen LogP contribution >= 0.6 is 11.6 Å². The number of fused-ring (bicyclic) bond motifs is 1. The third-order valence-corrected chi connectivity index (χ3v) is 6.92. The van der Waals surface area contributed by atoms with Crippen LogP contribution in [-0.4, -0.2) is 51.2 Å². The molecule has 0 radical (unpaired) electrons. The second-order valence-corrected chi connectivity index (χ2v) is 9.59. The van der Waals surface area contributed by atoms with Crippen LogP contribution < -0.4 is 11.1 Å². The smallest absolute Gasteiger partial charge is 0.269 e. The molecule has 8 nitrogen and oxygen atoms in total. The molecule has 1 aliphatic heterocycles. The van der Waals surface area contributed by atoms with Gasteiger partial charge in [0.2, 0.25) is 11.8 Å². The fraction of sp³-hybridized carbons (Fsp3) is 0.185. The van der Waals surface area contributed by atoms with Gasteiger partial charge in [0.05, 0.1) is 22.8 Å². The molecule has 0 unspecified atom stereocenters. The molecule has 1 aromatic heterocycles. The highest BCUT2D eigenvalue weighted by Crippen LogP contribution is 2.34. The summed E-state index contributed by atoms with van der Waals surface area (Å²) in [5.41, 5.74) is 5.11. The third kappa shape index (κ3) is 4.97. The summed E-state index contributed by atoms with van der Waals surface area (Å²) in [7, 11) is 0.